The Labute approximate surface area is 302 Å². The van der Waals surface area contributed by atoms with Crippen LogP contribution >= 0.6 is 31.9 Å². The van der Waals surface area contributed by atoms with Gasteiger partial charge in [0.15, 0.2) is 5.78 Å². The van der Waals surface area contributed by atoms with E-state index in [1.807, 2.05) is 36.4 Å². The second-order valence-corrected chi connectivity index (χ2v) is 13.0. The smallest absolute Gasteiger partial charge is 0.406 e. The van der Waals surface area contributed by atoms with Crippen LogP contribution in [0.3, 0.4) is 0 Å². The number of Topliss-reactive ketones (excluding diaryl/α,β-unsaturated/α-hetero) is 1. The molecule has 4 heterocycles. The van der Waals surface area contributed by atoms with Gasteiger partial charge in [0.05, 0.1) is 49.7 Å². The number of rotatable bonds is 3. The molecule has 15 heteroatoms. The van der Waals surface area contributed by atoms with Crippen molar-refractivity contribution in [2.45, 2.75) is 31.5 Å². The summed E-state index contributed by atoms with van der Waals surface area (Å²) in [6, 6.07) is 14.9. The number of anilines is 1. The van der Waals surface area contributed by atoms with Crippen LogP contribution in [0.1, 0.15) is 52.5 Å². The lowest BCUT2D eigenvalue weighted by Gasteiger charge is -2.26. The van der Waals surface area contributed by atoms with Crippen molar-refractivity contribution in [1.29, 1.82) is 0 Å². The molecule has 3 aliphatic rings. The lowest BCUT2D eigenvalue weighted by atomic mass is 9.98. The molecule has 1 unspecified atom stereocenters. The monoisotopic (exact) mass is 820 g/mol. The van der Waals surface area contributed by atoms with Crippen LogP contribution in [0.2, 0.25) is 0 Å². The molecule has 50 heavy (non-hydrogen) atoms. The van der Waals surface area contributed by atoms with Gasteiger partial charge in [0, 0.05) is 52.1 Å². The molecular formula is C35H33Br2F3N4O6. The van der Waals surface area contributed by atoms with E-state index in [1.54, 1.807) is 24.7 Å². The summed E-state index contributed by atoms with van der Waals surface area (Å²) < 4.78 is 56.8. The summed E-state index contributed by atoms with van der Waals surface area (Å²) >= 11 is 6.66. The lowest BCUT2D eigenvalue weighted by Crippen LogP contribution is -2.43. The minimum atomic E-state index is -4.52. The van der Waals surface area contributed by atoms with Crippen molar-refractivity contribution in [2.75, 3.05) is 38.3 Å². The lowest BCUT2D eigenvalue weighted by molar-refractivity contribution is -0.118. The van der Waals surface area contributed by atoms with Gasteiger partial charge < -0.3 is 29.6 Å². The van der Waals surface area contributed by atoms with Crippen LogP contribution in [-0.2, 0) is 0 Å². The first-order valence-electron chi connectivity index (χ1n) is 15.5. The Morgan fingerprint density at radius 3 is 2.34 bits per heavy atom. The Kier molecular flexibility index (Phi) is 12.2. The molecule has 0 radical (unpaired) electrons. The number of nitrogens with zero attached hydrogens (tertiary/aromatic N) is 2. The second kappa shape index (κ2) is 16.6. The number of aromatic nitrogens is 2. The molecule has 4 aromatic rings. The number of fused-ring (bicyclic) bond motifs is 3. The van der Waals surface area contributed by atoms with Crippen molar-refractivity contribution < 1.29 is 42.1 Å². The molecule has 10 nitrogen and oxygen atoms in total. The zero-order valence-corrected chi connectivity index (χ0v) is 29.9. The molecule has 3 aliphatic heterocycles. The van der Waals surface area contributed by atoms with Crippen LogP contribution in [0.5, 0.6) is 17.2 Å². The minimum absolute atomic E-state index is 0.140. The maximum absolute atomic E-state index is 12.9. The van der Waals surface area contributed by atoms with Crippen molar-refractivity contribution in [3.63, 3.8) is 0 Å². The van der Waals surface area contributed by atoms with Gasteiger partial charge in [0.2, 0.25) is 0 Å². The molecule has 0 saturated heterocycles. The number of hydrogen-bond donors (Lipinski definition) is 3. The molecule has 0 spiro atoms. The number of H-pyrrole nitrogens is 1. The number of carbonyl (C=O) groups excluding carboxylic acids is 2. The van der Waals surface area contributed by atoms with Gasteiger partial charge in [0.1, 0.15) is 23.8 Å². The van der Waals surface area contributed by atoms with E-state index in [4.69, 9.17) is 14.2 Å². The van der Waals surface area contributed by atoms with E-state index in [0.29, 0.717) is 66.6 Å². The highest BCUT2D eigenvalue weighted by molar-refractivity contribution is 9.10. The quantitative estimate of drug-likeness (QED) is 0.191. The first-order valence-corrected chi connectivity index (χ1v) is 17.1. The SMILES string of the molecule is CNC(=O)N(CC(F)(F)F)c1ccc2c(c1)/C(=C/c1cnc[nH]1)CCO2.O=C1CCOc2ccc(Br)cc21.OC1CCOc2ccc(Br)cc21. The van der Waals surface area contributed by atoms with E-state index in [9.17, 15) is 27.9 Å². The number of carbonyl (C=O) groups is 2. The number of aliphatic hydroxyl groups is 1. The summed E-state index contributed by atoms with van der Waals surface area (Å²) in [4.78, 5) is 30.9. The number of halogens is 5. The number of aromatic amines is 1. The van der Waals surface area contributed by atoms with Crippen LogP contribution in [-0.4, -0.2) is 66.5 Å². The first kappa shape index (κ1) is 36.9. The fourth-order valence-corrected chi connectivity index (χ4v) is 6.07. The highest BCUT2D eigenvalue weighted by Gasteiger charge is 2.34. The summed E-state index contributed by atoms with van der Waals surface area (Å²) in [6.07, 6.45) is 1.93. The predicted molar refractivity (Wildman–Crippen MR) is 189 cm³/mol. The number of amides is 2. The number of aliphatic hydroxyl groups excluding tert-OH is 1. The summed E-state index contributed by atoms with van der Waals surface area (Å²) in [7, 11) is 1.29. The third-order valence-corrected chi connectivity index (χ3v) is 8.69. The molecule has 2 amide bonds. The van der Waals surface area contributed by atoms with Crippen LogP contribution < -0.4 is 24.4 Å². The molecule has 7 rings (SSSR count). The fraction of sp³-hybridized carbons (Fsp3) is 0.286. The Balaban J connectivity index is 0.000000167. The Hall–Kier alpha value is -4.34. The van der Waals surface area contributed by atoms with Gasteiger partial charge in [-0.15, -0.1) is 0 Å². The molecule has 1 atom stereocenters. The number of hydrogen-bond acceptors (Lipinski definition) is 7. The third-order valence-electron chi connectivity index (χ3n) is 7.70. The topological polar surface area (TPSA) is 126 Å². The van der Waals surface area contributed by atoms with E-state index in [2.05, 4.69) is 47.1 Å². The summed E-state index contributed by atoms with van der Waals surface area (Å²) in [5, 5.41) is 11.8. The van der Waals surface area contributed by atoms with Crippen molar-refractivity contribution in [1.82, 2.24) is 15.3 Å². The van der Waals surface area contributed by atoms with Gasteiger partial charge in [0.25, 0.3) is 0 Å². The van der Waals surface area contributed by atoms with E-state index >= 15 is 0 Å². The van der Waals surface area contributed by atoms with Crippen LogP contribution in [0, 0.1) is 0 Å². The first-order chi connectivity index (χ1) is 23.9. The zero-order valence-electron chi connectivity index (χ0n) is 26.7. The van der Waals surface area contributed by atoms with Crippen LogP contribution in [0.15, 0.2) is 76.1 Å². The number of nitrogens with one attached hydrogen (secondary N) is 2. The molecular weight excluding hydrogens is 789 g/mol. The minimum Gasteiger partial charge on any atom is -0.493 e. The zero-order chi connectivity index (χ0) is 35.8. The maximum atomic E-state index is 12.9. The molecule has 3 aromatic carbocycles. The maximum Gasteiger partial charge on any atom is 0.406 e. The number of ether oxygens (including phenoxy) is 3. The van der Waals surface area contributed by atoms with Gasteiger partial charge in [-0.2, -0.15) is 13.2 Å². The average Bonchev–Trinajstić information content (AvgIpc) is 3.61. The van der Waals surface area contributed by atoms with Crippen LogP contribution in [0.4, 0.5) is 23.7 Å². The third kappa shape index (κ3) is 9.67. The van der Waals surface area contributed by atoms with Gasteiger partial charge in [-0.05, 0) is 66.2 Å². The number of ketones is 1. The molecule has 1 aromatic heterocycles. The van der Waals surface area contributed by atoms with E-state index < -0.39 is 18.8 Å². The number of benzene rings is 3. The number of alkyl halides is 3. The van der Waals surface area contributed by atoms with E-state index in [0.717, 1.165) is 31.5 Å². The van der Waals surface area contributed by atoms with Gasteiger partial charge in [-0.3, -0.25) is 9.69 Å². The highest BCUT2D eigenvalue weighted by atomic mass is 79.9. The summed E-state index contributed by atoms with van der Waals surface area (Å²) in [5.41, 5.74) is 4.03. The van der Waals surface area contributed by atoms with Gasteiger partial charge >= 0.3 is 12.2 Å². The van der Waals surface area contributed by atoms with Gasteiger partial charge in [-0.25, -0.2) is 9.78 Å². The second-order valence-electron chi connectivity index (χ2n) is 11.2. The normalized spacial score (nSPS) is 16.7. The fourth-order valence-electron chi connectivity index (χ4n) is 5.33. The summed E-state index contributed by atoms with van der Waals surface area (Å²) in [6.45, 7) is 0.198. The molecule has 0 aliphatic carbocycles. The molecule has 0 fully saturated rings. The number of imidazole rings is 1. The Bertz CT molecular complexity index is 1850. The summed E-state index contributed by atoms with van der Waals surface area (Å²) in [5.74, 6) is 2.23. The van der Waals surface area contributed by atoms with E-state index in [-0.39, 0.29) is 17.6 Å². The van der Waals surface area contributed by atoms with Crippen molar-refractivity contribution in [3.8, 4) is 17.2 Å². The van der Waals surface area contributed by atoms with Crippen molar-refractivity contribution in [2.24, 2.45) is 0 Å². The van der Waals surface area contributed by atoms with Crippen molar-refractivity contribution >= 4 is 61.0 Å². The predicted octanol–water partition coefficient (Wildman–Crippen LogP) is 8.12. The largest absolute Gasteiger partial charge is 0.493 e. The molecule has 3 N–H and O–H groups in total. The standard InChI is InChI=1S/C17H17F3N4O2.C9H9BrO2.C9H7BrO2/c1-21-16(25)24(9-17(18,19)20)13-2-3-15-14(7-13)11(4-5-26-15)6-12-8-22-10-23-12;2*10-6-1-2-9-7(5-6)8(11)3-4-12-9/h2-3,6-8,10H,4-5,9H2,1H3,(H,21,25)(H,22,23);1-2,5,8,11H,3-4H2;1-2,5H,3-4H2/b11-6+;;. The molecule has 0 bridgehead atoms. The van der Waals surface area contributed by atoms with Crippen molar-refractivity contribution in [3.05, 3.63) is 98.5 Å². The average molecular weight is 822 g/mol. The van der Waals surface area contributed by atoms with E-state index in [1.165, 1.54) is 19.2 Å². The molecule has 0 saturated carbocycles. The highest BCUT2D eigenvalue weighted by Crippen LogP contribution is 2.38. The molecule has 264 valence electrons. The Morgan fingerprint density at radius 2 is 1.64 bits per heavy atom. The van der Waals surface area contributed by atoms with Crippen LogP contribution in [0.25, 0.3) is 11.6 Å². The Morgan fingerprint density at radius 1 is 0.980 bits per heavy atom. The number of urea groups is 1. The van der Waals surface area contributed by atoms with Gasteiger partial charge in [-0.1, -0.05) is 31.9 Å².